The van der Waals surface area contributed by atoms with Gasteiger partial charge in [0.05, 0.1) is 5.56 Å². The van der Waals surface area contributed by atoms with E-state index in [1.807, 2.05) is 17.9 Å². The van der Waals surface area contributed by atoms with E-state index in [-0.39, 0.29) is 22.4 Å². The average Bonchev–Trinajstić information content (AvgIpc) is 3.56. The number of fused-ring (bicyclic) bond motifs is 1. The van der Waals surface area contributed by atoms with Gasteiger partial charge in [0.2, 0.25) is 0 Å². The number of rotatable bonds is 5. The number of sulfonamides is 1. The molecule has 0 aromatic heterocycles. The molecule has 1 aliphatic heterocycles. The predicted molar refractivity (Wildman–Crippen MR) is 107 cm³/mol. The summed E-state index contributed by atoms with van der Waals surface area (Å²) in [5.41, 5.74) is 1.20. The van der Waals surface area contributed by atoms with E-state index >= 15 is 0 Å². The van der Waals surface area contributed by atoms with Crippen molar-refractivity contribution in [1.82, 2.24) is 4.90 Å². The van der Waals surface area contributed by atoms with Gasteiger partial charge in [-0.3, -0.25) is 9.52 Å². The van der Waals surface area contributed by atoms with Crippen LogP contribution in [0.15, 0.2) is 47.4 Å². The van der Waals surface area contributed by atoms with E-state index in [0.29, 0.717) is 24.4 Å². The summed E-state index contributed by atoms with van der Waals surface area (Å²) in [7, 11) is -3.93. The Labute approximate surface area is 169 Å². The van der Waals surface area contributed by atoms with Crippen LogP contribution in [-0.4, -0.2) is 31.4 Å². The fourth-order valence-electron chi connectivity index (χ4n) is 3.49. The van der Waals surface area contributed by atoms with Gasteiger partial charge in [0.15, 0.2) is 6.10 Å². The van der Waals surface area contributed by atoms with Gasteiger partial charge < -0.3 is 9.64 Å². The number of anilines is 1. The molecule has 29 heavy (non-hydrogen) atoms. The highest BCUT2D eigenvalue weighted by molar-refractivity contribution is 7.92. The smallest absolute Gasteiger partial charge is 0.264 e. The van der Waals surface area contributed by atoms with Crippen LogP contribution in [0.4, 0.5) is 5.69 Å². The molecule has 4 rings (SSSR count). The summed E-state index contributed by atoms with van der Waals surface area (Å²) in [5.74, 6) is 0.574. The van der Waals surface area contributed by atoms with Crippen molar-refractivity contribution in [2.75, 3.05) is 4.72 Å². The van der Waals surface area contributed by atoms with Crippen molar-refractivity contribution in [3.8, 4) is 11.8 Å². The van der Waals surface area contributed by atoms with E-state index in [1.54, 1.807) is 30.3 Å². The maximum Gasteiger partial charge on any atom is 0.264 e. The minimum atomic E-state index is -3.93. The maximum absolute atomic E-state index is 12.8. The Morgan fingerprint density at radius 1 is 1.24 bits per heavy atom. The highest BCUT2D eigenvalue weighted by atomic mass is 32.2. The molecule has 150 valence electrons. The highest BCUT2D eigenvalue weighted by Crippen LogP contribution is 2.36. The number of ether oxygens (including phenoxy) is 1. The molecule has 0 radical (unpaired) electrons. The lowest BCUT2D eigenvalue weighted by Gasteiger charge is -2.22. The number of amides is 1. The molecule has 1 N–H and O–H groups in total. The van der Waals surface area contributed by atoms with Gasteiger partial charge in [-0.25, -0.2) is 8.42 Å². The molecule has 1 atom stereocenters. The summed E-state index contributed by atoms with van der Waals surface area (Å²) in [4.78, 5) is 14.5. The molecule has 7 nitrogen and oxygen atoms in total. The van der Waals surface area contributed by atoms with Crippen molar-refractivity contribution in [3.05, 3.63) is 53.6 Å². The number of carbonyl (C=O) groups excluding carboxylic acids is 1. The Morgan fingerprint density at radius 3 is 2.69 bits per heavy atom. The number of nitriles is 1. The Bertz CT molecular complexity index is 1100. The molecule has 0 spiro atoms. The molecule has 2 aromatic carbocycles. The van der Waals surface area contributed by atoms with Crippen LogP contribution >= 0.6 is 0 Å². The fourth-order valence-corrected chi connectivity index (χ4v) is 4.70. The number of hydrogen-bond donors (Lipinski definition) is 1. The SMILES string of the molecule is CCC1Oc2ccc(NS(=O)(=O)c3ccccc3C#N)cc2CN(C2CC2)C1=O. The van der Waals surface area contributed by atoms with Crippen molar-refractivity contribution in [2.45, 2.75) is 49.8 Å². The third kappa shape index (κ3) is 3.78. The first-order chi connectivity index (χ1) is 13.9. The van der Waals surface area contributed by atoms with Gasteiger partial charge in [0.1, 0.15) is 16.7 Å². The molecule has 1 aliphatic carbocycles. The van der Waals surface area contributed by atoms with E-state index < -0.39 is 16.1 Å². The van der Waals surface area contributed by atoms with E-state index in [9.17, 15) is 18.5 Å². The molecule has 1 saturated carbocycles. The molecule has 1 amide bonds. The summed E-state index contributed by atoms with van der Waals surface area (Å²) in [6, 6.07) is 13.2. The van der Waals surface area contributed by atoms with Gasteiger partial charge in [-0.05, 0) is 49.6 Å². The van der Waals surface area contributed by atoms with E-state index in [1.165, 1.54) is 12.1 Å². The van der Waals surface area contributed by atoms with Crippen molar-refractivity contribution in [2.24, 2.45) is 0 Å². The summed E-state index contributed by atoms with van der Waals surface area (Å²) >= 11 is 0. The van der Waals surface area contributed by atoms with Gasteiger partial charge in [0, 0.05) is 23.8 Å². The van der Waals surface area contributed by atoms with Gasteiger partial charge in [-0.1, -0.05) is 19.1 Å². The minimum absolute atomic E-state index is 0.0173. The van der Waals surface area contributed by atoms with E-state index in [4.69, 9.17) is 4.74 Å². The first-order valence-electron chi connectivity index (χ1n) is 9.55. The average molecular weight is 411 g/mol. The molecule has 0 saturated heterocycles. The summed E-state index contributed by atoms with van der Waals surface area (Å²) in [6.07, 6.45) is 2.01. The fraction of sp³-hybridized carbons (Fsp3) is 0.333. The molecule has 1 unspecified atom stereocenters. The quantitative estimate of drug-likeness (QED) is 0.815. The molecule has 1 fully saturated rings. The molecule has 2 aromatic rings. The normalized spacial score (nSPS) is 19.0. The Balaban J connectivity index is 1.66. The third-order valence-corrected chi connectivity index (χ3v) is 6.58. The van der Waals surface area contributed by atoms with Crippen LogP contribution in [-0.2, 0) is 21.4 Å². The summed E-state index contributed by atoms with van der Waals surface area (Å²) in [6.45, 7) is 2.30. The van der Waals surface area contributed by atoms with Crippen molar-refractivity contribution in [1.29, 1.82) is 5.26 Å². The highest BCUT2D eigenvalue weighted by Gasteiger charge is 2.38. The predicted octanol–water partition coefficient (Wildman–Crippen LogP) is 3.02. The number of carbonyl (C=O) groups is 1. The third-order valence-electron chi connectivity index (χ3n) is 5.14. The number of nitrogens with zero attached hydrogens (tertiary/aromatic N) is 2. The Hall–Kier alpha value is -3.05. The molecule has 8 heteroatoms. The van der Waals surface area contributed by atoms with Gasteiger partial charge >= 0.3 is 0 Å². The van der Waals surface area contributed by atoms with Crippen LogP contribution < -0.4 is 9.46 Å². The number of hydrogen-bond acceptors (Lipinski definition) is 5. The zero-order valence-corrected chi connectivity index (χ0v) is 16.8. The lowest BCUT2D eigenvalue weighted by atomic mass is 10.1. The van der Waals surface area contributed by atoms with Crippen LogP contribution in [0.25, 0.3) is 0 Å². The van der Waals surface area contributed by atoms with Crippen molar-refractivity contribution in [3.63, 3.8) is 0 Å². The summed E-state index contributed by atoms with van der Waals surface area (Å²) < 4.78 is 34.0. The minimum Gasteiger partial charge on any atom is -0.480 e. The second kappa shape index (κ2) is 7.41. The lowest BCUT2D eigenvalue weighted by Crippen LogP contribution is -2.40. The first kappa shape index (κ1) is 19.3. The molecule has 0 bridgehead atoms. The zero-order chi connectivity index (χ0) is 20.6. The number of benzene rings is 2. The zero-order valence-electron chi connectivity index (χ0n) is 16.0. The molecule has 2 aliphatic rings. The Kier molecular flexibility index (Phi) is 4.92. The van der Waals surface area contributed by atoms with Gasteiger partial charge in [-0.15, -0.1) is 0 Å². The topological polar surface area (TPSA) is 99.5 Å². The second-order valence-electron chi connectivity index (χ2n) is 7.25. The molecular weight excluding hydrogens is 390 g/mol. The van der Waals surface area contributed by atoms with Crippen LogP contribution in [0.2, 0.25) is 0 Å². The molecular formula is C21H21N3O4S. The van der Waals surface area contributed by atoms with Gasteiger partial charge in [0.25, 0.3) is 15.9 Å². The summed E-state index contributed by atoms with van der Waals surface area (Å²) in [5, 5.41) is 9.20. The first-order valence-corrected chi connectivity index (χ1v) is 11.0. The van der Waals surface area contributed by atoms with Crippen molar-refractivity contribution < 1.29 is 17.9 Å². The van der Waals surface area contributed by atoms with E-state index in [0.717, 1.165) is 18.4 Å². The lowest BCUT2D eigenvalue weighted by molar-refractivity contribution is -0.139. The van der Waals surface area contributed by atoms with Crippen LogP contribution in [0.5, 0.6) is 5.75 Å². The number of nitrogens with one attached hydrogen (secondary N) is 1. The standard InChI is InChI=1S/C21H21N3O4S/c1-2-18-21(25)24(17-8-9-17)13-15-11-16(7-10-19(15)28-18)23-29(26,27)20-6-4-3-5-14(20)12-22/h3-7,10-11,17-18,23H,2,8-9,13H2,1H3. The van der Waals surface area contributed by atoms with Crippen molar-refractivity contribution >= 4 is 21.6 Å². The van der Waals surface area contributed by atoms with E-state index in [2.05, 4.69) is 4.72 Å². The Morgan fingerprint density at radius 2 is 2.00 bits per heavy atom. The maximum atomic E-state index is 12.8. The molecule has 1 heterocycles. The monoisotopic (exact) mass is 411 g/mol. The second-order valence-corrected chi connectivity index (χ2v) is 8.90. The van der Waals surface area contributed by atoms with Gasteiger partial charge in [-0.2, -0.15) is 5.26 Å². The van der Waals surface area contributed by atoms with Crippen LogP contribution in [0.3, 0.4) is 0 Å². The van der Waals surface area contributed by atoms with Crippen LogP contribution in [0, 0.1) is 11.3 Å². The van der Waals surface area contributed by atoms with Crippen LogP contribution in [0.1, 0.15) is 37.3 Å². The largest absolute Gasteiger partial charge is 0.480 e.